The minimum absolute atomic E-state index is 0.142. The minimum Gasteiger partial charge on any atom is -0.459 e. The molecule has 0 bridgehead atoms. The number of carbonyl (C=O) groups excluding carboxylic acids is 2. The Hall–Kier alpha value is -1.62. The number of esters is 1. The number of rotatable bonds is 4. The van der Waals surface area contributed by atoms with E-state index in [1.165, 1.54) is 0 Å². The number of hydrogen-bond donors (Lipinski definition) is 1. The van der Waals surface area contributed by atoms with Gasteiger partial charge in [-0.15, -0.1) is 0 Å². The molecule has 2 N–H and O–H groups in total. The molecule has 5 heteroatoms. The molecule has 0 radical (unpaired) electrons. The molecule has 0 aromatic rings. The molecule has 1 rings (SSSR count). The molecule has 0 aliphatic carbocycles. The highest BCUT2D eigenvalue weighted by Gasteiger charge is 2.24. The fourth-order valence-electron chi connectivity index (χ4n) is 0.598. The lowest BCUT2D eigenvalue weighted by Crippen LogP contribution is -2.10. The van der Waals surface area contributed by atoms with Crippen LogP contribution in [0.5, 0.6) is 0 Å². The lowest BCUT2D eigenvalue weighted by molar-refractivity contribution is -0.139. The van der Waals surface area contributed by atoms with Crippen LogP contribution in [0.15, 0.2) is 23.8 Å². The van der Waals surface area contributed by atoms with Crippen molar-refractivity contribution < 1.29 is 19.1 Å². The summed E-state index contributed by atoms with van der Waals surface area (Å²) >= 11 is 0. The summed E-state index contributed by atoms with van der Waals surface area (Å²) in [6.07, 6.45) is 1.82. The average Bonchev–Trinajstić information content (AvgIpc) is 3.09. The zero-order valence-corrected chi connectivity index (χ0v) is 10.5. The van der Waals surface area contributed by atoms with E-state index in [0.717, 1.165) is 0 Å². The maximum Gasteiger partial charge on any atom is 0.333 e. The van der Waals surface area contributed by atoms with Crippen LogP contribution in [-0.2, 0) is 19.1 Å². The van der Waals surface area contributed by atoms with Gasteiger partial charge in [-0.05, 0) is 20.8 Å². The van der Waals surface area contributed by atoms with Crippen LogP contribution >= 0.6 is 0 Å². The molecule has 0 spiro atoms. The van der Waals surface area contributed by atoms with E-state index in [9.17, 15) is 9.59 Å². The maximum absolute atomic E-state index is 10.7. The van der Waals surface area contributed by atoms with Crippen molar-refractivity contribution in [1.29, 1.82) is 0 Å². The lowest BCUT2D eigenvalue weighted by atomic mass is 10.3. The Bertz CT molecular complexity index is 329. The quantitative estimate of drug-likeness (QED) is 0.451. The van der Waals surface area contributed by atoms with Gasteiger partial charge in [0.15, 0.2) is 0 Å². The van der Waals surface area contributed by atoms with Crippen LogP contribution in [0, 0.1) is 0 Å². The first-order chi connectivity index (χ1) is 7.88. The van der Waals surface area contributed by atoms with E-state index in [1.807, 2.05) is 0 Å². The van der Waals surface area contributed by atoms with E-state index in [-0.39, 0.29) is 18.0 Å². The summed E-state index contributed by atoms with van der Waals surface area (Å²) < 4.78 is 9.60. The lowest BCUT2D eigenvalue weighted by Gasteiger charge is -1.99. The van der Waals surface area contributed by atoms with E-state index in [1.54, 1.807) is 26.8 Å². The van der Waals surface area contributed by atoms with Gasteiger partial charge in [0.05, 0.1) is 6.61 Å². The second-order valence-corrected chi connectivity index (χ2v) is 3.67. The van der Waals surface area contributed by atoms with Crippen molar-refractivity contribution in [1.82, 2.24) is 0 Å². The summed E-state index contributed by atoms with van der Waals surface area (Å²) in [6, 6.07) is 0. The van der Waals surface area contributed by atoms with Gasteiger partial charge in [-0.3, -0.25) is 4.79 Å². The number of amides is 1. The highest BCUT2D eigenvalue weighted by molar-refractivity contribution is 5.91. The molecule has 1 aliphatic rings. The molecular formula is C12H19NO4. The van der Waals surface area contributed by atoms with Crippen molar-refractivity contribution >= 4 is 11.9 Å². The van der Waals surface area contributed by atoms with Gasteiger partial charge in [0, 0.05) is 11.1 Å². The third-order valence-electron chi connectivity index (χ3n) is 1.97. The van der Waals surface area contributed by atoms with Gasteiger partial charge in [-0.2, -0.15) is 0 Å². The Morgan fingerprint density at radius 2 is 2.06 bits per heavy atom. The normalized spacial score (nSPS) is 17.6. The smallest absolute Gasteiger partial charge is 0.333 e. The van der Waals surface area contributed by atoms with Crippen molar-refractivity contribution in [2.45, 2.75) is 26.9 Å². The Labute approximate surface area is 101 Å². The molecule has 1 amide bonds. The number of allylic oxidation sites excluding steroid dienone is 1. The molecule has 1 saturated heterocycles. The number of primary amides is 1. The van der Waals surface area contributed by atoms with Gasteiger partial charge in [-0.1, -0.05) is 12.7 Å². The van der Waals surface area contributed by atoms with Gasteiger partial charge in [0.25, 0.3) is 0 Å². The second-order valence-electron chi connectivity index (χ2n) is 3.67. The summed E-state index contributed by atoms with van der Waals surface area (Å²) in [4.78, 5) is 20.8. The Kier molecular flexibility index (Phi) is 6.89. The number of hydrogen-bond acceptors (Lipinski definition) is 4. The number of ether oxygens (including phenoxy) is 2. The summed E-state index contributed by atoms with van der Waals surface area (Å²) in [5, 5.41) is 0. The van der Waals surface area contributed by atoms with Crippen molar-refractivity contribution in [3.63, 3.8) is 0 Å². The SMILES string of the molecule is C/C=C(\C)C(N)=O.C=C(C)C(=O)OCC1CO1. The first-order valence-corrected chi connectivity index (χ1v) is 5.25. The molecule has 1 heterocycles. The number of nitrogens with two attached hydrogens (primary N) is 1. The molecular weight excluding hydrogens is 222 g/mol. The standard InChI is InChI=1S/C7H10O3.C5H9NO/c1-5(2)7(8)10-4-6-3-9-6;1-3-4(2)5(6)7/h6H,1,3-4H2,2H3;3H,1-2H3,(H2,6,7)/b;4-3+. The first kappa shape index (κ1) is 15.4. The number of epoxide rings is 1. The average molecular weight is 241 g/mol. The van der Waals surface area contributed by atoms with Crippen molar-refractivity contribution in [2.75, 3.05) is 13.2 Å². The molecule has 0 aromatic heterocycles. The monoisotopic (exact) mass is 241 g/mol. The number of carbonyl (C=O) groups is 2. The Morgan fingerprint density at radius 3 is 2.29 bits per heavy atom. The van der Waals surface area contributed by atoms with Crippen molar-refractivity contribution in [3.05, 3.63) is 23.8 Å². The van der Waals surface area contributed by atoms with Gasteiger partial charge in [-0.25, -0.2) is 4.79 Å². The summed E-state index contributed by atoms with van der Waals surface area (Å²) in [6.45, 7) is 9.60. The summed E-state index contributed by atoms with van der Waals surface area (Å²) in [5.41, 5.74) is 5.88. The summed E-state index contributed by atoms with van der Waals surface area (Å²) in [7, 11) is 0. The van der Waals surface area contributed by atoms with Crippen LogP contribution in [0.1, 0.15) is 20.8 Å². The van der Waals surface area contributed by atoms with Crippen LogP contribution in [0.25, 0.3) is 0 Å². The van der Waals surface area contributed by atoms with E-state index in [0.29, 0.717) is 24.4 Å². The molecule has 1 aliphatic heterocycles. The van der Waals surface area contributed by atoms with E-state index in [4.69, 9.17) is 15.2 Å². The highest BCUT2D eigenvalue weighted by Crippen LogP contribution is 2.09. The Balaban J connectivity index is 0.000000325. The van der Waals surface area contributed by atoms with Crippen LogP contribution < -0.4 is 5.73 Å². The predicted molar refractivity (Wildman–Crippen MR) is 64.1 cm³/mol. The van der Waals surface area contributed by atoms with Gasteiger partial charge in [0.1, 0.15) is 12.7 Å². The van der Waals surface area contributed by atoms with Crippen LogP contribution in [0.3, 0.4) is 0 Å². The molecule has 96 valence electrons. The minimum atomic E-state index is -0.345. The van der Waals surface area contributed by atoms with Gasteiger partial charge >= 0.3 is 5.97 Å². The third kappa shape index (κ3) is 8.21. The fourth-order valence-corrected chi connectivity index (χ4v) is 0.598. The van der Waals surface area contributed by atoms with E-state index in [2.05, 4.69) is 6.58 Å². The largest absolute Gasteiger partial charge is 0.459 e. The van der Waals surface area contributed by atoms with Gasteiger partial charge in [0.2, 0.25) is 5.91 Å². The first-order valence-electron chi connectivity index (χ1n) is 5.25. The summed E-state index contributed by atoms with van der Waals surface area (Å²) in [5.74, 6) is -0.682. The topological polar surface area (TPSA) is 81.9 Å². The zero-order chi connectivity index (χ0) is 13.4. The van der Waals surface area contributed by atoms with E-state index >= 15 is 0 Å². The van der Waals surface area contributed by atoms with Crippen LogP contribution in [0.4, 0.5) is 0 Å². The van der Waals surface area contributed by atoms with Crippen LogP contribution in [0.2, 0.25) is 0 Å². The highest BCUT2D eigenvalue weighted by atomic mass is 16.6. The third-order valence-corrected chi connectivity index (χ3v) is 1.97. The van der Waals surface area contributed by atoms with Crippen molar-refractivity contribution in [2.24, 2.45) is 5.73 Å². The predicted octanol–water partition coefficient (Wildman–Crippen LogP) is 0.942. The molecule has 1 unspecified atom stereocenters. The Morgan fingerprint density at radius 1 is 1.53 bits per heavy atom. The molecule has 1 fully saturated rings. The molecule has 1 atom stereocenters. The van der Waals surface area contributed by atoms with Crippen molar-refractivity contribution in [3.8, 4) is 0 Å². The zero-order valence-electron chi connectivity index (χ0n) is 10.5. The fraction of sp³-hybridized carbons (Fsp3) is 0.500. The van der Waals surface area contributed by atoms with E-state index < -0.39 is 0 Å². The second kappa shape index (κ2) is 7.62. The van der Waals surface area contributed by atoms with Crippen LogP contribution in [-0.4, -0.2) is 31.2 Å². The molecule has 0 aromatic carbocycles. The molecule has 17 heavy (non-hydrogen) atoms. The van der Waals surface area contributed by atoms with Gasteiger partial charge < -0.3 is 15.2 Å². The maximum atomic E-state index is 10.7. The molecule has 0 saturated carbocycles. The molecule has 5 nitrogen and oxygen atoms in total.